The van der Waals surface area contributed by atoms with E-state index in [1.54, 1.807) is 0 Å². The topological polar surface area (TPSA) is 119 Å². The second-order valence-corrected chi connectivity index (χ2v) is 3.79. The van der Waals surface area contributed by atoms with Crippen molar-refractivity contribution in [3.8, 4) is 0 Å². The number of ether oxygens (including phenoxy) is 2. The molecule has 0 fully saturated rings. The van der Waals surface area contributed by atoms with Crippen LogP contribution in [0.1, 0.15) is 16.8 Å². The van der Waals surface area contributed by atoms with Crippen LogP contribution in [0, 0.1) is 0 Å². The number of rotatable bonds is 5. The largest absolute Gasteiger partial charge is 0.453 e. The average Bonchev–Trinajstić information content (AvgIpc) is 2.41. The molecule has 1 aromatic heterocycles. The van der Waals surface area contributed by atoms with Gasteiger partial charge in [0.1, 0.15) is 5.56 Å². The number of aromatic nitrogens is 2. The molecule has 0 atom stereocenters. The van der Waals surface area contributed by atoms with Crippen molar-refractivity contribution < 1.29 is 19.1 Å². The van der Waals surface area contributed by atoms with Crippen molar-refractivity contribution in [1.82, 2.24) is 14.9 Å². The molecule has 0 radical (unpaired) electrons. The lowest BCUT2D eigenvalue weighted by molar-refractivity contribution is 0.0934. The van der Waals surface area contributed by atoms with Crippen LogP contribution in [0.4, 0.5) is 4.79 Å². The molecule has 0 aliphatic rings. The monoisotopic (exact) mass is 285 g/mol. The first-order chi connectivity index (χ1) is 9.49. The molecule has 0 aromatic carbocycles. The Kier molecular flexibility index (Phi) is 5.66. The highest BCUT2D eigenvalue weighted by atomic mass is 16.5. The van der Waals surface area contributed by atoms with Gasteiger partial charge in [-0.1, -0.05) is 0 Å². The van der Waals surface area contributed by atoms with Crippen LogP contribution < -0.4 is 16.6 Å². The zero-order valence-corrected chi connectivity index (χ0v) is 11.1. The quantitative estimate of drug-likeness (QED) is 0.674. The predicted octanol–water partition coefficient (Wildman–Crippen LogP) is -0.931. The molecule has 0 unspecified atom stereocenters. The number of methoxy groups -OCH3 is 2. The van der Waals surface area contributed by atoms with E-state index in [1.807, 2.05) is 10.3 Å². The number of nitrogens with one attached hydrogen (secondary N) is 2. The van der Waals surface area contributed by atoms with Gasteiger partial charge in [0.25, 0.3) is 11.5 Å². The van der Waals surface area contributed by atoms with Gasteiger partial charge in [0.2, 0.25) is 0 Å². The van der Waals surface area contributed by atoms with Crippen molar-refractivity contribution in [2.45, 2.75) is 13.0 Å². The second-order valence-electron chi connectivity index (χ2n) is 3.79. The number of alkyl carbamates (subject to hydrolysis) is 1. The minimum Gasteiger partial charge on any atom is -0.453 e. The Hall–Kier alpha value is -2.42. The lowest BCUT2D eigenvalue weighted by Crippen LogP contribution is -2.39. The highest BCUT2D eigenvalue weighted by molar-refractivity contribution is 6.02. The first-order valence-corrected chi connectivity index (χ1v) is 5.71. The summed E-state index contributed by atoms with van der Waals surface area (Å²) in [5.74, 6) is -0.946. The van der Waals surface area contributed by atoms with Crippen LogP contribution in [0.5, 0.6) is 0 Å². The SMILES string of the molecule is COCCCn1cc(C(=O)NC(=O)OC)c(=O)[nH]c1=O. The van der Waals surface area contributed by atoms with Crippen LogP contribution in [0.3, 0.4) is 0 Å². The molecular formula is C11H15N3O6. The highest BCUT2D eigenvalue weighted by Crippen LogP contribution is 1.92. The summed E-state index contributed by atoms with van der Waals surface area (Å²) in [5.41, 5.74) is -1.87. The van der Waals surface area contributed by atoms with Crippen molar-refractivity contribution >= 4 is 12.0 Å². The maximum atomic E-state index is 11.7. The van der Waals surface area contributed by atoms with E-state index < -0.39 is 23.2 Å². The Bertz CT molecular complexity index is 603. The van der Waals surface area contributed by atoms with E-state index >= 15 is 0 Å². The zero-order chi connectivity index (χ0) is 15.1. The molecule has 1 rings (SSSR count). The first-order valence-electron chi connectivity index (χ1n) is 5.71. The Morgan fingerprint density at radius 1 is 1.35 bits per heavy atom. The number of aromatic amines is 1. The van der Waals surface area contributed by atoms with Gasteiger partial charge in [0.15, 0.2) is 0 Å². The average molecular weight is 285 g/mol. The smallest absolute Gasteiger partial charge is 0.413 e. The minimum atomic E-state index is -0.994. The van der Waals surface area contributed by atoms with Crippen molar-refractivity contribution in [2.75, 3.05) is 20.8 Å². The van der Waals surface area contributed by atoms with Gasteiger partial charge in [0.05, 0.1) is 7.11 Å². The van der Waals surface area contributed by atoms with Gasteiger partial charge in [-0.05, 0) is 6.42 Å². The molecule has 0 bridgehead atoms. The van der Waals surface area contributed by atoms with Gasteiger partial charge in [-0.3, -0.25) is 24.5 Å². The Balaban J connectivity index is 2.99. The maximum absolute atomic E-state index is 11.7. The van der Waals surface area contributed by atoms with Crippen molar-refractivity contribution in [2.24, 2.45) is 0 Å². The van der Waals surface area contributed by atoms with Crippen molar-refractivity contribution in [1.29, 1.82) is 0 Å². The molecule has 0 saturated heterocycles. The number of carbonyl (C=O) groups excluding carboxylic acids is 2. The molecule has 110 valence electrons. The molecule has 1 heterocycles. The maximum Gasteiger partial charge on any atom is 0.413 e. The normalized spacial score (nSPS) is 10.1. The standard InChI is InChI=1S/C11H15N3O6/c1-19-5-3-4-14-6-7(8(15)12-10(14)17)9(16)13-11(18)20-2/h6H,3-5H2,1-2H3,(H,12,15,17)(H,13,16,18). The summed E-state index contributed by atoms with van der Waals surface area (Å²) in [7, 11) is 2.60. The Morgan fingerprint density at radius 3 is 2.65 bits per heavy atom. The molecular weight excluding hydrogens is 270 g/mol. The van der Waals surface area contributed by atoms with Gasteiger partial charge in [-0.25, -0.2) is 9.59 Å². The lowest BCUT2D eigenvalue weighted by Gasteiger charge is -2.07. The third-order valence-corrected chi connectivity index (χ3v) is 2.40. The third-order valence-electron chi connectivity index (χ3n) is 2.40. The first kappa shape index (κ1) is 15.6. The van der Waals surface area contributed by atoms with E-state index in [9.17, 15) is 19.2 Å². The lowest BCUT2D eigenvalue weighted by atomic mass is 10.3. The molecule has 20 heavy (non-hydrogen) atoms. The number of hydrogen-bond donors (Lipinski definition) is 2. The van der Waals surface area contributed by atoms with E-state index in [4.69, 9.17) is 4.74 Å². The molecule has 2 N–H and O–H groups in total. The van der Waals surface area contributed by atoms with Gasteiger partial charge in [-0.2, -0.15) is 0 Å². The number of nitrogens with zero attached hydrogens (tertiary/aromatic N) is 1. The number of hydrogen-bond acceptors (Lipinski definition) is 6. The summed E-state index contributed by atoms with van der Waals surface area (Å²) in [6.07, 6.45) is 0.627. The summed E-state index contributed by atoms with van der Waals surface area (Å²) in [6, 6.07) is 0. The molecule has 0 spiro atoms. The number of carbonyl (C=O) groups is 2. The molecule has 2 amide bonds. The number of amides is 2. The van der Waals surface area contributed by atoms with Crippen LogP contribution >= 0.6 is 0 Å². The van der Waals surface area contributed by atoms with Gasteiger partial charge in [0, 0.05) is 26.5 Å². The van der Waals surface area contributed by atoms with Gasteiger partial charge in [-0.15, -0.1) is 0 Å². The fourth-order valence-electron chi connectivity index (χ4n) is 1.43. The fourth-order valence-corrected chi connectivity index (χ4v) is 1.43. The van der Waals surface area contributed by atoms with Crippen LogP contribution in [0.25, 0.3) is 0 Å². The van der Waals surface area contributed by atoms with Crippen LogP contribution in [0.2, 0.25) is 0 Å². The van der Waals surface area contributed by atoms with E-state index in [1.165, 1.54) is 7.11 Å². The molecule has 0 aliphatic heterocycles. The second kappa shape index (κ2) is 7.24. The van der Waals surface area contributed by atoms with Gasteiger partial charge >= 0.3 is 11.8 Å². The highest BCUT2D eigenvalue weighted by Gasteiger charge is 2.15. The molecule has 9 nitrogen and oxygen atoms in total. The number of aryl methyl sites for hydroxylation is 1. The number of imide groups is 1. The van der Waals surface area contributed by atoms with E-state index in [0.29, 0.717) is 13.0 Å². The van der Waals surface area contributed by atoms with Crippen molar-refractivity contribution in [3.05, 3.63) is 32.6 Å². The predicted molar refractivity (Wildman–Crippen MR) is 67.7 cm³/mol. The zero-order valence-electron chi connectivity index (χ0n) is 11.1. The van der Waals surface area contributed by atoms with E-state index in [0.717, 1.165) is 17.9 Å². The molecule has 9 heteroatoms. The summed E-state index contributed by atoms with van der Waals surface area (Å²) >= 11 is 0. The van der Waals surface area contributed by atoms with E-state index in [-0.39, 0.29) is 12.1 Å². The summed E-state index contributed by atoms with van der Waals surface area (Å²) < 4.78 is 10.3. The van der Waals surface area contributed by atoms with Crippen LogP contribution in [0.15, 0.2) is 15.8 Å². The minimum absolute atomic E-state index is 0.266. The van der Waals surface area contributed by atoms with Gasteiger partial charge < -0.3 is 9.47 Å². The molecule has 1 aromatic rings. The third kappa shape index (κ3) is 4.05. The summed E-state index contributed by atoms with van der Waals surface area (Å²) in [6.45, 7) is 0.692. The molecule has 0 saturated carbocycles. The molecule has 0 aliphatic carbocycles. The fraction of sp³-hybridized carbons (Fsp3) is 0.455. The number of H-pyrrole nitrogens is 1. The van der Waals surface area contributed by atoms with Crippen molar-refractivity contribution in [3.63, 3.8) is 0 Å². The summed E-state index contributed by atoms with van der Waals surface area (Å²) in [5, 5.41) is 1.84. The van der Waals surface area contributed by atoms with Crippen LogP contribution in [-0.4, -0.2) is 42.4 Å². The summed E-state index contributed by atoms with van der Waals surface area (Å²) in [4.78, 5) is 47.6. The van der Waals surface area contributed by atoms with E-state index in [2.05, 4.69) is 4.74 Å². The Labute approximate surface area is 113 Å². The van der Waals surface area contributed by atoms with Crippen LogP contribution in [-0.2, 0) is 16.0 Å². The Morgan fingerprint density at radius 2 is 2.05 bits per heavy atom.